The summed E-state index contributed by atoms with van der Waals surface area (Å²) < 4.78 is 0. The molecule has 2 aromatic rings. The van der Waals surface area contributed by atoms with Gasteiger partial charge in [0.05, 0.1) is 5.52 Å². The SMILES string of the molecule is Cc1ccc2c(N3CCC(N)C3)ncnc2c1. The largest absolute Gasteiger partial charge is 0.354 e. The van der Waals surface area contributed by atoms with E-state index < -0.39 is 0 Å². The van der Waals surface area contributed by atoms with E-state index in [0.717, 1.165) is 36.2 Å². The summed E-state index contributed by atoms with van der Waals surface area (Å²) in [5.41, 5.74) is 8.18. The molecule has 0 radical (unpaired) electrons. The van der Waals surface area contributed by atoms with Crippen LogP contribution in [0.3, 0.4) is 0 Å². The van der Waals surface area contributed by atoms with E-state index in [4.69, 9.17) is 5.73 Å². The quantitative estimate of drug-likeness (QED) is 0.803. The lowest BCUT2D eigenvalue weighted by Gasteiger charge is -2.18. The van der Waals surface area contributed by atoms with Gasteiger partial charge in [0.1, 0.15) is 12.1 Å². The standard InChI is InChI=1S/C13H16N4/c1-9-2-3-11-12(6-9)15-8-16-13(11)17-5-4-10(14)7-17/h2-3,6,8,10H,4-5,7,14H2,1H3. The van der Waals surface area contributed by atoms with E-state index in [9.17, 15) is 0 Å². The van der Waals surface area contributed by atoms with Crippen LogP contribution in [0.2, 0.25) is 0 Å². The number of nitrogens with two attached hydrogens (primary N) is 1. The monoisotopic (exact) mass is 228 g/mol. The van der Waals surface area contributed by atoms with Crippen LogP contribution in [0.4, 0.5) is 5.82 Å². The average Bonchev–Trinajstić information content (AvgIpc) is 2.74. The number of aryl methyl sites for hydroxylation is 1. The Kier molecular flexibility index (Phi) is 2.44. The number of aromatic nitrogens is 2. The maximum Gasteiger partial charge on any atom is 0.139 e. The van der Waals surface area contributed by atoms with Crippen molar-refractivity contribution in [3.8, 4) is 0 Å². The predicted octanol–water partition coefficient (Wildman–Crippen LogP) is 1.48. The van der Waals surface area contributed by atoms with Crippen LogP contribution in [0.1, 0.15) is 12.0 Å². The Morgan fingerprint density at radius 1 is 1.35 bits per heavy atom. The van der Waals surface area contributed by atoms with Crippen molar-refractivity contribution in [2.45, 2.75) is 19.4 Å². The molecule has 1 aromatic carbocycles. The van der Waals surface area contributed by atoms with Crippen molar-refractivity contribution in [2.75, 3.05) is 18.0 Å². The molecule has 2 heterocycles. The Morgan fingerprint density at radius 3 is 3.00 bits per heavy atom. The number of rotatable bonds is 1. The van der Waals surface area contributed by atoms with Crippen LogP contribution in [0.15, 0.2) is 24.5 Å². The Bertz CT molecular complexity index is 552. The van der Waals surface area contributed by atoms with Gasteiger partial charge in [0.2, 0.25) is 0 Å². The first-order valence-corrected chi connectivity index (χ1v) is 5.96. The topological polar surface area (TPSA) is 55.0 Å². The molecule has 0 bridgehead atoms. The van der Waals surface area contributed by atoms with Gasteiger partial charge in [-0.25, -0.2) is 9.97 Å². The molecule has 1 fully saturated rings. The summed E-state index contributed by atoms with van der Waals surface area (Å²) in [5, 5.41) is 1.12. The van der Waals surface area contributed by atoms with Gasteiger partial charge in [0.15, 0.2) is 0 Å². The molecule has 1 saturated heterocycles. The normalized spacial score (nSPS) is 20.1. The van der Waals surface area contributed by atoms with Gasteiger partial charge >= 0.3 is 0 Å². The van der Waals surface area contributed by atoms with E-state index >= 15 is 0 Å². The molecule has 2 N–H and O–H groups in total. The Morgan fingerprint density at radius 2 is 2.24 bits per heavy atom. The van der Waals surface area contributed by atoms with E-state index in [1.807, 2.05) is 0 Å². The predicted molar refractivity (Wildman–Crippen MR) is 69.1 cm³/mol. The molecule has 4 nitrogen and oxygen atoms in total. The number of hydrogen-bond acceptors (Lipinski definition) is 4. The van der Waals surface area contributed by atoms with Gasteiger partial charge in [-0.3, -0.25) is 0 Å². The zero-order valence-electron chi connectivity index (χ0n) is 9.93. The molecule has 17 heavy (non-hydrogen) atoms. The lowest BCUT2D eigenvalue weighted by atomic mass is 10.1. The second kappa shape index (κ2) is 3.96. The molecule has 0 amide bonds. The lowest BCUT2D eigenvalue weighted by Crippen LogP contribution is -2.27. The number of hydrogen-bond donors (Lipinski definition) is 1. The van der Waals surface area contributed by atoms with Crippen molar-refractivity contribution in [3.05, 3.63) is 30.1 Å². The molecule has 1 aliphatic heterocycles. The summed E-state index contributed by atoms with van der Waals surface area (Å²) in [7, 11) is 0. The molecule has 88 valence electrons. The number of fused-ring (bicyclic) bond motifs is 1. The lowest BCUT2D eigenvalue weighted by molar-refractivity contribution is 0.751. The number of benzene rings is 1. The van der Waals surface area contributed by atoms with Gasteiger partial charge in [-0.15, -0.1) is 0 Å². The van der Waals surface area contributed by atoms with Crippen molar-refractivity contribution in [1.82, 2.24) is 9.97 Å². The van der Waals surface area contributed by atoms with Crippen molar-refractivity contribution < 1.29 is 0 Å². The van der Waals surface area contributed by atoms with Crippen LogP contribution in [0, 0.1) is 6.92 Å². The molecule has 1 unspecified atom stereocenters. The minimum absolute atomic E-state index is 0.269. The smallest absolute Gasteiger partial charge is 0.139 e. The second-order valence-electron chi connectivity index (χ2n) is 4.71. The van der Waals surface area contributed by atoms with Crippen LogP contribution in [-0.4, -0.2) is 29.1 Å². The Labute approximate surface area is 100 Å². The van der Waals surface area contributed by atoms with Crippen LogP contribution in [0.5, 0.6) is 0 Å². The van der Waals surface area contributed by atoms with Crippen LogP contribution in [0.25, 0.3) is 10.9 Å². The zero-order valence-corrected chi connectivity index (χ0v) is 9.93. The molecule has 0 aliphatic carbocycles. The van der Waals surface area contributed by atoms with E-state index in [2.05, 4.69) is 40.0 Å². The molecule has 0 spiro atoms. The van der Waals surface area contributed by atoms with Gasteiger partial charge in [0, 0.05) is 24.5 Å². The summed E-state index contributed by atoms with van der Waals surface area (Å²) in [6.45, 7) is 3.95. The number of anilines is 1. The fourth-order valence-corrected chi connectivity index (χ4v) is 2.38. The Balaban J connectivity index is 2.10. The fraction of sp³-hybridized carbons (Fsp3) is 0.385. The molecule has 1 atom stereocenters. The van der Waals surface area contributed by atoms with Crippen molar-refractivity contribution in [3.63, 3.8) is 0 Å². The molecule has 1 aliphatic rings. The highest BCUT2D eigenvalue weighted by Gasteiger charge is 2.21. The highest BCUT2D eigenvalue weighted by molar-refractivity contribution is 5.89. The molecular weight excluding hydrogens is 212 g/mol. The zero-order chi connectivity index (χ0) is 11.8. The van der Waals surface area contributed by atoms with Crippen LogP contribution < -0.4 is 10.6 Å². The summed E-state index contributed by atoms with van der Waals surface area (Å²) in [6.07, 6.45) is 2.68. The third kappa shape index (κ3) is 1.85. The summed E-state index contributed by atoms with van der Waals surface area (Å²) >= 11 is 0. The van der Waals surface area contributed by atoms with E-state index in [-0.39, 0.29) is 6.04 Å². The maximum atomic E-state index is 5.95. The highest BCUT2D eigenvalue weighted by atomic mass is 15.2. The molecule has 3 rings (SSSR count). The van der Waals surface area contributed by atoms with Crippen LogP contribution in [-0.2, 0) is 0 Å². The second-order valence-corrected chi connectivity index (χ2v) is 4.71. The van der Waals surface area contributed by atoms with Gasteiger partial charge in [-0.1, -0.05) is 6.07 Å². The molecule has 1 aromatic heterocycles. The van der Waals surface area contributed by atoms with Crippen molar-refractivity contribution >= 4 is 16.7 Å². The van der Waals surface area contributed by atoms with Gasteiger partial charge < -0.3 is 10.6 Å². The first kappa shape index (κ1) is 10.5. The third-order valence-corrected chi connectivity index (χ3v) is 3.30. The average molecular weight is 228 g/mol. The summed E-state index contributed by atoms with van der Waals surface area (Å²) in [4.78, 5) is 11.0. The highest BCUT2D eigenvalue weighted by Crippen LogP contribution is 2.26. The van der Waals surface area contributed by atoms with Crippen molar-refractivity contribution in [2.24, 2.45) is 5.73 Å². The minimum Gasteiger partial charge on any atom is -0.354 e. The summed E-state index contributed by atoms with van der Waals surface area (Å²) in [6, 6.07) is 6.57. The van der Waals surface area contributed by atoms with Crippen LogP contribution >= 0.6 is 0 Å². The molecule has 0 saturated carbocycles. The van der Waals surface area contributed by atoms with Gasteiger partial charge in [0.25, 0.3) is 0 Å². The molecular formula is C13H16N4. The fourth-order valence-electron chi connectivity index (χ4n) is 2.38. The maximum absolute atomic E-state index is 5.95. The first-order valence-electron chi connectivity index (χ1n) is 5.96. The van der Waals surface area contributed by atoms with Gasteiger partial charge in [-0.2, -0.15) is 0 Å². The third-order valence-electron chi connectivity index (χ3n) is 3.30. The minimum atomic E-state index is 0.269. The van der Waals surface area contributed by atoms with E-state index in [1.54, 1.807) is 6.33 Å². The van der Waals surface area contributed by atoms with E-state index in [0.29, 0.717) is 0 Å². The summed E-state index contributed by atoms with van der Waals surface area (Å²) in [5.74, 6) is 1.02. The number of nitrogens with zero attached hydrogens (tertiary/aromatic N) is 3. The Hall–Kier alpha value is -1.68. The first-order chi connectivity index (χ1) is 8.24. The van der Waals surface area contributed by atoms with Gasteiger partial charge in [-0.05, 0) is 31.0 Å². The molecule has 4 heteroatoms. The van der Waals surface area contributed by atoms with Crippen molar-refractivity contribution in [1.29, 1.82) is 0 Å². The van der Waals surface area contributed by atoms with E-state index in [1.165, 1.54) is 5.56 Å².